The molecular formula is C13H16O5. The van der Waals surface area contributed by atoms with Crippen molar-refractivity contribution in [3.8, 4) is 11.5 Å². The minimum absolute atomic E-state index is 0.0559. The van der Waals surface area contributed by atoms with Crippen molar-refractivity contribution in [2.45, 2.75) is 25.9 Å². The molecular weight excluding hydrogens is 236 g/mol. The van der Waals surface area contributed by atoms with E-state index in [4.69, 9.17) is 14.2 Å². The number of aliphatic hydroxyl groups is 1. The maximum Gasteiger partial charge on any atom is 0.308 e. The highest BCUT2D eigenvalue weighted by atomic mass is 16.7. The van der Waals surface area contributed by atoms with Crippen LogP contribution in [-0.2, 0) is 9.53 Å². The summed E-state index contributed by atoms with van der Waals surface area (Å²) in [5.74, 6) is 0.843. The van der Waals surface area contributed by atoms with Crippen LogP contribution in [0.4, 0.5) is 0 Å². The molecule has 1 N–H and O–H groups in total. The van der Waals surface area contributed by atoms with Gasteiger partial charge in [0.15, 0.2) is 11.5 Å². The summed E-state index contributed by atoms with van der Waals surface area (Å²) in [5.41, 5.74) is 0.618. The van der Waals surface area contributed by atoms with Crippen molar-refractivity contribution >= 4 is 5.97 Å². The Balaban J connectivity index is 1.96. The number of carbonyl (C=O) groups is 1. The average molecular weight is 252 g/mol. The normalized spacial score (nSPS) is 14.3. The lowest BCUT2D eigenvalue weighted by molar-refractivity contribution is -0.146. The van der Waals surface area contributed by atoms with E-state index in [1.165, 1.54) is 0 Å². The summed E-state index contributed by atoms with van der Waals surface area (Å²) in [4.78, 5) is 11.4. The number of rotatable bonds is 5. The highest BCUT2D eigenvalue weighted by molar-refractivity contribution is 5.70. The molecule has 5 heteroatoms. The molecule has 1 aromatic rings. The van der Waals surface area contributed by atoms with Gasteiger partial charge in [-0.3, -0.25) is 4.79 Å². The van der Waals surface area contributed by atoms with Crippen LogP contribution in [0.5, 0.6) is 11.5 Å². The van der Waals surface area contributed by atoms with E-state index >= 15 is 0 Å². The molecule has 1 atom stereocenters. The van der Waals surface area contributed by atoms with Crippen LogP contribution < -0.4 is 9.47 Å². The molecule has 0 saturated carbocycles. The van der Waals surface area contributed by atoms with Gasteiger partial charge in [0.25, 0.3) is 0 Å². The highest BCUT2D eigenvalue weighted by Crippen LogP contribution is 2.34. The van der Waals surface area contributed by atoms with Crippen LogP contribution in [0.15, 0.2) is 18.2 Å². The van der Waals surface area contributed by atoms with E-state index in [2.05, 4.69) is 0 Å². The topological polar surface area (TPSA) is 65.0 Å². The van der Waals surface area contributed by atoms with E-state index in [1.807, 2.05) is 6.92 Å². The lowest BCUT2D eigenvalue weighted by atomic mass is 10.1. The first-order valence-electron chi connectivity index (χ1n) is 5.94. The maximum absolute atomic E-state index is 11.4. The predicted octanol–water partition coefficient (Wildman–Crippen LogP) is 1.79. The van der Waals surface area contributed by atoms with Gasteiger partial charge in [-0.1, -0.05) is 13.0 Å². The molecule has 0 spiro atoms. The second-order valence-corrected chi connectivity index (χ2v) is 4.05. The van der Waals surface area contributed by atoms with Crippen LogP contribution in [0.2, 0.25) is 0 Å². The van der Waals surface area contributed by atoms with Crippen LogP contribution in [0, 0.1) is 0 Å². The van der Waals surface area contributed by atoms with Gasteiger partial charge in [-0.05, 0) is 24.1 Å². The molecule has 0 radical (unpaired) electrons. The van der Waals surface area contributed by atoms with Gasteiger partial charge in [-0.15, -0.1) is 0 Å². The standard InChI is InChI=1S/C13H16O5/c1-2-5-16-13(15)7-10(14)9-3-4-11-12(6-9)18-8-17-11/h3-4,6,10,14H,2,5,7-8H2,1H3. The van der Waals surface area contributed by atoms with E-state index in [0.29, 0.717) is 23.7 Å². The van der Waals surface area contributed by atoms with Gasteiger partial charge in [0, 0.05) is 0 Å². The predicted molar refractivity (Wildman–Crippen MR) is 63.4 cm³/mol. The first-order valence-corrected chi connectivity index (χ1v) is 5.94. The van der Waals surface area contributed by atoms with E-state index in [-0.39, 0.29) is 13.2 Å². The lowest BCUT2D eigenvalue weighted by Gasteiger charge is -2.11. The molecule has 18 heavy (non-hydrogen) atoms. The van der Waals surface area contributed by atoms with Crippen molar-refractivity contribution in [1.82, 2.24) is 0 Å². The summed E-state index contributed by atoms with van der Waals surface area (Å²) >= 11 is 0. The summed E-state index contributed by atoms with van der Waals surface area (Å²) < 4.78 is 15.3. The van der Waals surface area contributed by atoms with Crippen molar-refractivity contribution < 1.29 is 24.1 Å². The summed E-state index contributed by atoms with van der Waals surface area (Å²) in [6, 6.07) is 5.11. The zero-order chi connectivity index (χ0) is 13.0. The van der Waals surface area contributed by atoms with Crippen molar-refractivity contribution in [3.05, 3.63) is 23.8 Å². The molecule has 0 saturated heterocycles. The van der Waals surface area contributed by atoms with E-state index in [0.717, 1.165) is 6.42 Å². The van der Waals surface area contributed by atoms with E-state index < -0.39 is 12.1 Å². The Morgan fingerprint density at radius 2 is 2.22 bits per heavy atom. The van der Waals surface area contributed by atoms with Crippen LogP contribution in [0.3, 0.4) is 0 Å². The fourth-order valence-electron chi connectivity index (χ4n) is 1.67. The van der Waals surface area contributed by atoms with Gasteiger partial charge in [0.2, 0.25) is 6.79 Å². The van der Waals surface area contributed by atoms with Crippen molar-refractivity contribution in [2.75, 3.05) is 13.4 Å². The largest absolute Gasteiger partial charge is 0.466 e. The first-order chi connectivity index (χ1) is 8.70. The smallest absolute Gasteiger partial charge is 0.308 e. The third-order valence-corrected chi connectivity index (χ3v) is 2.61. The monoisotopic (exact) mass is 252 g/mol. The molecule has 0 amide bonds. The Morgan fingerprint density at radius 1 is 1.44 bits per heavy atom. The van der Waals surface area contributed by atoms with E-state index in [1.54, 1.807) is 18.2 Å². The zero-order valence-corrected chi connectivity index (χ0v) is 10.2. The number of carbonyl (C=O) groups excluding carboxylic acids is 1. The average Bonchev–Trinajstić information content (AvgIpc) is 2.83. The molecule has 98 valence electrons. The third-order valence-electron chi connectivity index (χ3n) is 2.61. The molecule has 2 rings (SSSR count). The minimum Gasteiger partial charge on any atom is -0.466 e. The number of hydrogen-bond acceptors (Lipinski definition) is 5. The van der Waals surface area contributed by atoms with Gasteiger partial charge in [-0.25, -0.2) is 0 Å². The molecule has 1 aliphatic heterocycles. The van der Waals surface area contributed by atoms with Gasteiger partial charge >= 0.3 is 5.97 Å². The molecule has 1 unspecified atom stereocenters. The van der Waals surface area contributed by atoms with Gasteiger partial charge in [-0.2, -0.15) is 0 Å². The van der Waals surface area contributed by atoms with Crippen LogP contribution in [0.1, 0.15) is 31.4 Å². The molecule has 1 heterocycles. The SMILES string of the molecule is CCCOC(=O)CC(O)c1ccc2c(c1)OCO2. The number of aliphatic hydroxyl groups excluding tert-OH is 1. The van der Waals surface area contributed by atoms with Gasteiger partial charge in [0.1, 0.15) is 0 Å². The quantitative estimate of drug-likeness (QED) is 0.809. The second-order valence-electron chi connectivity index (χ2n) is 4.05. The Morgan fingerprint density at radius 3 is 3.00 bits per heavy atom. The van der Waals surface area contributed by atoms with Crippen LogP contribution >= 0.6 is 0 Å². The Labute approximate surface area is 105 Å². The second kappa shape index (κ2) is 5.73. The molecule has 1 aliphatic rings. The fraction of sp³-hybridized carbons (Fsp3) is 0.462. The molecule has 0 fully saturated rings. The molecule has 0 aliphatic carbocycles. The van der Waals surface area contributed by atoms with Crippen LogP contribution in [-0.4, -0.2) is 24.5 Å². The number of hydrogen-bond donors (Lipinski definition) is 1. The minimum atomic E-state index is -0.885. The number of ether oxygens (including phenoxy) is 3. The fourth-order valence-corrected chi connectivity index (χ4v) is 1.67. The lowest BCUT2D eigenvalue weighted by Crippen LogP contribution is -2.10. The molecule has 1 aromatic carbocycles. The van der Waals surface area contributed by atoms with Crippen molar-refractivity contribution in [3.63, 3.8) is 0 Å². The summed E-state index contributed by atoms with van der Waals surface area (Å²) in [7, 11) is 0. The highest BCUT2D eigenvalue weighted by Gasteiger charge is 2.19. The molecule has 0 aromatic heterocycles. The van der Waals surface area contributed by atoms with Crippen molar-refractivity contribution in [1.29, 1.82) is 0 Å². The molecule has 5 nitrogen and oxygen atoms in total. The number of fused-ring (bicyclic) bond motifs is 1. The maximum atomic E-state index is 11.4. The summed E-state index contributed by atoms with van der Waals surface area (Å²) in [6.45, 7) is 2.49. The van der Waals surface area contributed by atoms with Gasteiger partial charge < -0.3 is 19.3 Å². The van der Waals surface area contributed by atoms with Crippen molar-refractivity contribution in [2.24, 2.45) is 0 Å². The summed E-state index contributed by atoms with van der Waals surface area (Å²) in [6.07, 6.45) is -0.172. The zero-order valence-electron chi connectivity index (χ0n) is 10.2. The Bertz CT molecular complexity index is 429. The number of esters is 1. The summed E-state index contributed by atoms with van der Waals surface area (Å²) in [5, 5.41) is 9.92. The number of benzene rings is 1. The molecule has 0 bridgehead atoms. The van der Waals surface area contributed by atoms with E-state index in [9.17, 15) is 9.90 Å². The van der Waals surface area contributed by atoms with Crippen LogP contribution in [0.25, 0.3) is 0 Å². The Kier molecular flexibility index (Phi) is 4.04. The third kappa shape index (κ3) is 2.92. The van der Waals surface area contributed by atoms with Gasteiger partial charge in [0.05, 0.1) is 19.1 Å². The Hall–Kier alpha value is -1.75. The first kappa shape index (κ1) is 12.7.